The van der Waals surface area contributed by atoms with Crippen LogP contribution >= 0.6 is 11.3 Å². The highest BCUT2D eigenvalue weighted by Crippen LogP contribution is 2.28. The Labute approximate surface area is 152 Å². The van der Waals surface area contributed by atoms with Gasteiger partial charge in [-0.3, -0.25) is 4.79 Å². The van der Waals surface area contributed by atoms with E-state index in [4.69, 9.17) is 14.7 Å². The number of carbonyl (C=O) groups is 1. The highest BCUT2D eigenvalue weighted by atomic mass is 32.1. The van der Waals surface area contributed by atoms with Gasteiger partial charge >= 0.3 is 0 Å². The fourth-order valence-electron chi connectivity index (χ4n) is 2.32. The Hall–Kier alpha value is -2.52. The summed E-state index contributed by atoms with van der Waals surface area (Å²) in [5.41, 5.74) is 1.74. The van der Waals surface area contributed by atoms with E-state index in [0.717, 1.165) is 0 Å². The van der Waals surface area contributed by atoms with Crippen molar-refractivity contribution in [2.75, 3.05) is 20.8 Å². The standard InChI is InChI=1S/C19H22N2O3S/c1-14-8-10-25-18(14)13-21(2)19(22)5-4-9-24-16-7-6-15(12-20)11-17(16)23-3/h6-8,10-11H,4-5,9,13H2,1-3H3. The average Bonchev–Trinajstić information content (AvgIpc) is 3.03. The van der Waals surface area contributed by atoms with Gasteiger partial charge in [0.25, 0.3) is 0 Å². The molecule has 0 saturated heterocycles. The Kier molecular flexibility index (Phi) is 6.84. The van der Waals surface area contributed by atoms with Crippen molar-refractivity contribution in [2.24, 2.45) is 0 Å². The Morgan fingerprint density at radius 3 is 2.76 bits per heavy atom. The maximum Gasteiger partial charge on any atom is 0.222 e. The van der Waals surface area contributed by atoms with Gasteiger partial charge < -0.3 is 14.4 Å². The predicted molar refractivity (Wildman–Crippen MR) is 98.0 cm³/mol. The summed E-state index contributed by atoms with van der Waals surface area (Å²) in [4.78, 5) is 15.2. The molecule has 0 radical (unpaired) electrons. The van der Waals surface area contributed by atoms with Crippen LogP contribution in [0.15, 0.2) is 29.6 Å². The molecule has 1 aromatic carbocycles. The Bertz CT molecular complexity index is 764. The SMILES string of the molecule is COc1cc(C#N)ccc1OCCCC(=O)N(C)Cc1sccc1C. The number of nitriles is 1. The van der Waals surface area contributed by atoms with Crippen LogP contribution in [0.2, 0.25) is 0 Å². The van der Waals surface area contributed by atoms with Crippen molar-refractivity contribution in [3.63, 3.8) is 0 Å². The number of nitrogens with zero attached hydrogens (tertiary/aromatic N) is 2. The van der Waals surface area contributed by atoms with Gasteiger partial charge in [0.1, 0.15) is 0 Å². The van der Waals surface area contributed by atoms with Crippen LogP contribution in [0.3, 0.4) is 0 Å². The van der Waals surface area contributed by atoms with Crippen LogP contribution in [-0.2, 0) is 11.3 Å². The van der Waals surface area contributed by atoms with Gasteiger partial charge in [0.2, 0.25) is 5.91 Å². The fourth-order valence-corrected chi connectivity index (χ4v) is 3.28. The molecule has 1 amide bonds. The lowest BCUT2D eigenvalue weighted by molar-refractivity contribution is -0.130. The van der Waals surface area contributed by atoms with E-state index in [2.05, 4.69) is 19.1 Å². The largest absolute Gasteiger partial charge is 0.493 e. The molecule has 0 aliphatic heterocycles. The molecule has 0 aliphatic rings. The maximum atomic E-state index is 12.2. The summed E-state index contributed by atoms with van der Waals surface area (Å²) in [7, 11) is 3.36. The summed E-state index contributed by atoms with van der Waals surface area (Å²) < 4.78 is 10.9. The Morgan fingerprint density at radius 2 is 2.12 bits per heavy atom. The van der Waals surface area contributed by atoms with E-state index < -0.39 is 0 Å². The molecule has 0 bridgehead atoms. The molecule has 6 heteroatoms. The zero-order valence-electron chi connectivity index (χ0n) is 14.7. The van der Waals surface area contributed by atoms with E-state index in [1.807, 2.05) is 12.4 Å². The minimum Gasteiger partial charge on any atom is -0.493 e. The van der Waals surface area contributed by atoms with Crippen LogP contribution in [0, 0.1) is 18.3 Å². The van der Waals surface area contributed by atoms with Gasteiger partial charge in [-0.05, 0) is 42.5 Å². The van der Waals surface area contributed by atoms with Crippen molar-refractivity contribution in [1.82, 2.24) is 4.90 Å². The van der Waals surface area contributed by atoms with E-state index in [1.165, 1.54) is 17.6 Å². The smallest absolute Gasteiger partial charge is 0.222 e. The number of amides is 1. The van der Waals surface area contributed by atoms with Crippen molar-refractivity contribution in [3.8, 4) is 17.6 Å². The van der Waals surface area contributed by atoms with Crippen molar-refractivity contribution >= 4 is 17.2 Å². The second kappa shape index (κ2) is 9.09. The third-order valence-electron chi connectivity index (χ3n) is 3.86. The number of aryl methyl sites for hydroxylation is 1. The van der Waals surface area contributed by atoms with Gasteiger partial charge in [-0.15, -0.1) is 11.3 Å². The molecule has 0 unspecified atom stereocenters. The lowest BCUT2D eigenvalue weighted by atomic mass is 10.2. The molecule has 1 aromatic heterocycles. The third-order valence-corrected chi connectivity index (χ3v) is 4.87. The molecular weight excluding hydrogens is 336 g/mol. The van der Waals surface area contributed by atoms with E-state index in [9.17, 15) is 4.79 Å². The maximum absolute atomic E-state index is 12.2. The predicted octanol–water partition coefficient (Wildman–Crippen LogP) is 3.75. The Balaban J connectivity index is 1.78. The second-order valence-electron chi connectivity index (χ2n) is 5.71. The minimum atomic E-state index is 0.100. The first kappa shape index (κ1) is 18.8. The van der Waals surface area contributed by atoms with Crippen LogP contribution < -0.4 is 9.47 Å². The van der Waals surface area contributed by atoms with E-state index in [1.54, 1.807) is 34.4 Å². The van der Waals surface area contributed by atoms with Crippen molar-refractivity contribution in [3.05, 3.63) is 45.6 Å². The molecule has 5 nitrogen and oxygen atoms in total. The molecule has 0 fully saturated rings. The lowest BCUT2D eigenvalue weighted by Crippen LogP contribution is -2.26. The normalized spacial score (nSPS) is 10.2. The lowest BCUT2D eigenvalue weighted by Gasteiger charge is -2.17. The van der Waals surface area contributed by atoms with Crippen LogP contribution in [0.1, 0.15) is 28.8 Å². The quantitative estimate of drug-likeness (QED) is 0.674. The number of hydrogen-bond acceptors (Lipinski definition) is 5. The monoisotopic (exact) mass is 358 g/mol. The molecule has 25 heavy (non-hydrogen) atoms. The van der Waals surface area contributed by atoms with Crippen LogP contribution in [0.4, 0.5) is 0 Å². The number of hydrogen-bond donors (Lipinski definition) is 0. The van der Waals surface area contributed by atoms with E-state index in [0.29, 0.717) is 43.1 Å². The summed E-state index contributed by atoms with van der Waals surface area (Å²) >= 11 is 1.67. The molecule has 0 aliphatic carbocycles. The van der Waals surface area contributed by atoms with Gasteiger partial charge in [0.15, 0.2) is 11.5 Å². The average molecular weight is 358 g/mol. The number of rotatable bonds is 8. The second-order valence-corrected chi connectivity index (χ2v) is 6.71. The van der Waals surface area contributed by atoms with Gasteiger partial charge in [-0.25, -0.2) is 0 Å². The molecule has 2 aromatic rings. The number of methoxy groups -OCH3 is 1. The number of carbonyl (C=O) groups excluding carboxylic acids is 1. The highest BCUT2D eigenvalue weighted by Gasteiger charge is 2.12. The van der Waals surface area contributed by atoms with Crippen LogP contribution in [0.5, 0.6) is 11.5 Å². The van der Waals surface area contributed by atoms with Crippen molar-refractivity contribution in [1.29, 1.82) is 5.26 Å². The molecule has 132 valence electrons. The summed E-state index contributed by atoms with van der Waals surface area (Å²) in [6, 6.07) is 9.16. The zero-order chi connectivity index (χ0) is 18.2. The number of thiophene rings is 1. The van der Waals surface area contributed by atoms with Gasteiger partial charge in [-0.2, -0.15) is 5.26 Å². The molecule has 2 rings (SSSR count). The van der Waals surface area contributed by atoms with Crippen LogP contribution in [0.25, 0.3) is 0 Å². The van der Waals surface area contributed by atoms with E-state index >= 15 is 0 Å². The Morgan fingerprint density at radius 1 is 1.32 bits per heavy atom. The molecule has 0 spiro atoms. The van der Waals surface area contributed by atoms with Gasteiger partial charge in [0, 0.05) is 24.4 Å². The first-order chi connectivity index (χ1) is 12.0. The summed E-state index contributed by atoms with van der Waals surface area (Å²) in [6.45, 7) is 3.12. The summed E-state index contributed by atoms with van der Waals surface area (Å²) in [5, 5.41) is 10.9. The highest BCUT2D eigenvalue weighted by molar-refractivity contribution is 7.10. The first-order valence-corrected chi connectivity index (χ1v) is 8.91. The van der Waals surface area contributed by atoms with E-state index in [-0.39, 0.29) is 5.91 Å². The fraction of sp³-hybridized carbons (Fsp3) is 0.368. The molecule has 1 heterocycles. The summed E-state index contributed by atoms with van der Waals surface area (Å²) in [6.07, 6.45) is 1.05. The molecule has 0 N–H and O–H groups in total. The topological polar surface area (TPSA) is 62.6 Å². The number of ether oxygens (including phenoxy) is 2. The number of benzene rings is 1. The molecular formula is C19H22N2O3S. The molecule has 0 saturated carbocycles. The first-order valence-electron chi connectivity index (χ1n) is 8.03. The zero-order valence-corrected chi connectivity index (χ0v) is 15.6. The third kappa shape index (κ3) is 5.23. The molecule has 0 atom stereocenters. The van der Waals surface area contributed by atoms with Crippen molar-refractivity contribution < 1.29 is 14.3 Å². The minimum absolute atomic E-state index is 0.100. The summed E-state index contributed by atoms with van der Waals surface area (Å²) in [5.74, 6) is 1.20. The van der Waals surface area contributed by atoms with Gasteiger partial charge in [-0.1, -0.05) is 0 Å². The van der Waals surface area contributed by atoms with Crippen LogP contribution in [-0.4, -0.2) is 31.6 Å². The van der Waals surface area contributed by atoms with Gasteiger partial charge in [0.05, 0.1) is 31.9 Å². The van der Waals surface area contributed by atoms with Crippen molar-refractivity contribution in [2.45, 2.75) is 26.3 Å².